The Bertz CT molecular complexity index is 1790. The molecule has 1 N–H and O–H groups in total. The number of likely N-dealkylation sites (tertiary alicyclic amines) is 1. The number of carbonyl (C=O) groups is 3. The third kappa shape index (κ3) is 9.21. The molecule has 0 unspecified atom stereocenters. The van der Waals surface area contributed by atoms with Crippen LogP contribution >= 0.6 is 0 Å². The van der Waals surface area contributed by atoms with E-state index in [2.05, 4.69) is 75.6 Å². The van der Waals surface area contributed by atoms with E-state index in [1.807, 2.05) is 27.0 Å². The Labute approximate surface area is 319 Å². The fourth-order valence-corrected chi connectivity index (χ4v) is 8.35. The van der Waals surface area contributed by atoms with E-state index in [0.717, 1.165) is 48.2 Å². The number of carbonyl (C=O) groups excluding carboxylic acids is 3. The number of alkyl carbamates (subject to hydrolysis) is 1. The topological polar surface area (TPSA) is 115 Å². The van der Waals surface area contributed by atoms with E-state index in [-0.39, 0.29) is 30.1 Å². The molecule has 1 aliphatic heterocycles. The Kier molecular flexibility index (Phi) is 11.2. The summed E-state index contributed by atoms with van der Waals surface area (Å²) >= 11 is 0. The van der Waals surface area contributed by atoms with Crippen molar-refractivity contribution in [3.8, 4) is 16.9 Å². The van der Waals surface area contributed by atoms with Gasteiger partial charge in [-0.2, -0.15) is 5.10 Å². The van der Waals surface area contributed by atoms with E-state index in [1.165, 1.54) is 24.0 Å². The molecule has 0 spiro atoms. The number of hydrogen-bond acceptors (Lipinski definition) is 7. The van der Waals surface area contributed by atoms with Gasteiger partial charge in [-0.05, 0) is 139 Å². The predicted molar refractivity (Wildman–Crippen MR) is 208 cm³/mol. The van der Waals surface area contributed by atoms with Crippen LogP contribution in [0.2, 0.25) is 0 Å². The lowest BCUT2D eigenvalue weighted by atomic mass is 9.78. The third-order valence-electron chi connectivity index (χ3n) is 11.6. The normalized spacial score (nSPS) is 23.2. The Balaban J connectivity index is 0.971. The Morgan fingerprint density at radius 3 is 2.31 bits per heavy atom. The van der Waals surface area contributed by atoms with Crippen molar-refractivity contribution in [3.05, 3.63) is 66.0 Å². The average Bonchev–Trinajstić information content (AvgIpc) is 3.87. The van der Waals surface area contributed by atoms with Crippen molar-refractivity contribution in [3.63, 3.8) is 0 Å². The molecule has 4 aliphatic rings. The summed E-state index contributed by atoms with van der Waals surface area (Å²) < 4.78 is 18.8. The van der Waals surface area contributed by atoms with Crippen molar-refractivity contribution in [2.75, 3.05) is 31.6 Å². The second-order valence-electron chi connectivity index (χ2n) is 17.0. The summed E-state index contributed by atoms with van der Waals surface area (Å²) in [5.41, 5.74) is 5.05. The number of aromatic nitrogens is 2. The SMILES string of the molecule is COc1ccc([C@H]2CC[C@H](CN(c3cccc(-c4cnn(C5CC5)c4)c3)C(=O)[C@H]3CC[C@H](OC(=O)N4CC(NC(=O)OC(C)(C)C)C4)CC3)CC2)cc1C. The van der Waals surface area contributed by atoms with Gasteiger partial charge >= 0.3 is 12.2 Å². The molecule has 11 nitrogen and oxygen atoms in total. The zero-order valence-electron chi connectivity index (χ0n) is 32.6. The molecule has 11 heteroatoms. The second kappa shape index (κ2) is 16.1. The molecule has 0 atom stereocenters. The maximum absolute atomic E-state index is 14.5. The second-order valence-corrected chi connectivity index (χ2v) is 17.0. The highest BCUT2D eigenvalue weighted by Crippen LogP contribution is 2.40. The smallest absolute Gasteiger partial charge is 0.410 e. The number of nitrogens with zero attached hydrogens (tertiary/aromatic N) is 4. The van der Waals surface area contributed by atoms with Crippen LogP contribution in [0.3, 0.4) is 0 Å². The molecule has 3 aromatic rings. The maximum atomic E-state index is 14.5. The molecular formula is C43H57N5O6. The number of aryl methyl sites for hydroxylation is 1. The summed E-state index contributed by atoms with van der Waals surface area (Å²) in [5.74, 6) is 1.88. The first kappa shape index (κ1) is 37.8. The molecule has 4 fully saturated rings. The Hall–Kier alpha value is -4.54. The highest BCUT2D eigenvalue weighted by Gasteiger charge is 2.37. The van der Waals surface area contributed by atoms with Crippen LogP contribution < -0.4 is 15.0 Å². The van der Waals surface area contributed by atoms with Crippen LogP contribution in [-0.2, 0) is 14.3 Å². The lowest BCUT2D eigenvalue weighted by Gasteiger charge is -2.40. The van der Waals surface area contributed by atoms with Gasteiger partial charge in [-0.25, -0.2) is 9.59 Å². The first-order valence-corrected chi connectivity index (χ1v) is 20.0. The van der Waals surface area contributed by atoms with Crippen molar-refractivity contribution in [2.45, 2.75) is 122 Å². The number of amides is 3. The number of ether oxygens (including phenoxy) is 3. The van der Waals surface area contributed by atoms with E-state index >= 15 is 0 Å². The lowest BCUT2D eigenvalue weighted by Crippen LogP contribution is -2.61. The first-order chi connectivity index (χ1) is 25.9. The quantitative estimate of drug-likeness (QED) is 0.222. The predicted octanol–water partition coefficient (Wildman–Crippen LogP) is 8.41. The number of hydrogen-bond donors (Lipinski definition) is 1. The lowest BCUT2D eigenvalue weighted by molar-refractivity contribution is -0.124. The molecule has 3 amide bonds. The highest BCUT2D eigenvalue weighted by molar-refractivity contribution is 5.95. The average molecular weight is 740 g/mol. The molecule has 7 rings (SSSR count). The minimum absolute atomic E-state index is 0.133. The summed E-state index contributed by atoms with van der Waals surface area (Å²) in [6, 6.07) is 15.3. The van der Waals surface area contributed by atoms with E-state index < -0.39 is 11.7 Å². The minimum atomic E-state index is -0.578. The molecule has 3 aliphatic carbocycles. The number of benzene rings is 2. The summed E-state index contributed by atoms with van der Waals surface area (Å²) in [5, 5.41) is 7.43. The summed E-state index contributed by atoms with van der Waals surface area (Å²) in [6.07, 6.45) is 12.3. The maximum Gasteiger partial charge on any atom is 0.410 e. The van der Waals surface area contributed by atoms with Crippen LogP contribution in [0.1, 0.15) is 108 Å². The van der Waals surface area contributed by atoms with Gasteiger partial charge in [0.1, 0.15) is 17.5 Å². The van der Waals surface area contributed by atoms with E-state index in [1.54, 1.807) is 12.0 Å². The van der Waals surface area contributed by atoms with E-state index in [4.69, 9.17) is 14.2 Å². The molecule has 1 saturated heterocycles. The van der Waals surface area contributed by atoms with Crippen LogP contribution in [-0.4, -0.2) is 77.3 Å². The molecule has 2 heterocycles. The van der Waals surface area contributed by atoms with Crippen LogP contribution in [0.25, 0.3) is 11.1 Å². The molecule has 290 valence electrons. The molecular weight excluding hydrogens is 683 g/mol. The van der Waals surface area contributed by atoms with Crippen LogP contribution in [0.15, 0.2) is 54.9 Å². The number of rotatable bonds is 10. The van der Waals surface area contributed by atoms with Crippen molar-refractivity contribution >= 4 is 23.8 Å². The van der Waals surface area contributed by atoms with Gasteiger partial charge in [0.2, 0.25) is 5.91 Å². The van der Waals surface area contributed by atoms with E-state index in [9.17, 15) is 14.4 Å². The van der Waals surface area contributed by atoms with Gasteiger partial charge in [0.25, 0.3) is 0 Å². The van der Waals surface area contributed by atoms with Crippen LogP contribution in [0.5, 0.6) is 5.75 Å². The Morgan fingerprint density at radius 1 is 0.907 bits per heavy atom. The number of methoxy groups -OCH3 is 1. The summed E-state index contributed by atoms with van der Waals surface area (Å²) in [4.78, 5) is 43.2. The number of nitrogens with one attached hydrogen (secondary N) is 1. The largest absolute Gasteiger partial charge is 0.496 e. The minimum Gasteiger partial charge on any atom is -0.496 e. The van der Waals surface area contributed by atoms with Gasteiger partial charge in [-0.3, -0.25) is 9.48 Å². The monoisotopic (exact) mass is 739 g/mol. The van der Waals surface area contributed by atoms with Crippen molar-refractivity contribution < 1.29 is 28.6 Å². The standard InChI is InChI=1S/C43H57N5O6/c1-28-21-33(15-20-39(28)52-5)30-11-9-29(10-12-30)24-47(37-8-6-7-32(22-37)34-23-44-48(25-34)36-16-17-36)40(49)31-13-18-38(19-14-31)53-42(51)46-26-35(27-46)45-41(50)54-43(2,3)4/h6-8,15,20-23,25,29-31,35-36,38H,9-14,16-19,24,26-27H2,1-5H3,(H,45,50)/t29-,30-,31-,38-. The fraction of sp³-hybridized carbons (Fsp3) is 0.581. The molecule has 54 heavy (non-hydrogen) atoms. The van der Waals surface area contributed by atoms with Gasteiger partial charge in [0.15, 0.2) is 0 Å². The van der Waals surface area contributed by atoms with Gasteiger partial charge in [0, 0.05) is 43.0 Å². The van der Waals surface area contributed by atoms with Gasteiger partial charge < -0.3 is 29.3 Å². The molecule has 2 aromatic carbocycles. The molecule has 0 radical (unpaired) electrons. The first-order valence-electron chi connectivity index (χ1n) is 20.0. The third-order valence-corrected chi connectivity index (χ3v) is 11.6. The van der Waals surface area contributed by atoms with Gasteiger partial charge in [-0.15, -0.1) is 0 Å². The molecule has 0 bridgehead atoms. The van der Waals surface area contributed by atoms with Crippen molar-refractivity contribution in [1.82, 2.24) is 20.0 Å². The van der Waals surface area contributed by atoms with Crippen LogP contribution in [0, 0.1) is 18.8 Å². The van der Waals surface area contributed by atoms with E-state index in [0.29, 0.717) is 63.2 Å². The highest BCUT2D eigenvalue weighted by atomic mass is 16.6. The van der Waals surface area contributed by atoms with Crippen LogP contribution in [0.4, 0.5) is 15.3 Å². The fourth-order valence-electron chi connectivity index (χ4n) is 8.35. The zero-order chi connectivity index (χ0) is 38.0. The van der Waals surface area contributed by atoms with Crippen molar-refractivity contribution in [2.24, 2.45) is 11.8 Å². The molecule has 3 saturated carbocycles. The summed E-state index contributed by atoms with van der Waals surface area (Å²) in [7, 11) is 1.72. The summed E-state index contributed by atoms with van der Waals surface area (Å²) in [6.45, 7) is 9.04. The van der Waals surface area contributed by atoms with Gasteiger partial charge in [-0.1, -0.05) is 24.3 Å². The zero-order valence-corrected chi connectivity index (χ0v) is 32.6. The Morgan fingerprint density at radius 2 is 1.65 bits per heavy atom. The van der Waals surface area contributed by atoms with Gasteiger partial charge in [0.05, 0.1) is 25.4 Å². The van der Waals surface area contributed by atoms with Crippen molar-refractivity contribution in [1.29, 1.82) is 0 Å². The number of anilines is 1. The molecule has 1 aromatic heterocycles.